The Kier molecular flexibility index (Phi) is 5.12. The van der Waals surface area contributed by atoms with E-state index < -0.39 is 0 Å². The molecule has 20 heavy (non-hydrogen) atoms. The molecule has 0 atom stereocenters. The molecule has 0 fully saturated rings. The van der Waals surface area contributed by atoms with Crippen LogP contribution in [0.1, 0.15) is 23.9 Å². The summed E-state index contributed by atoms with van der Waals surface area (Å²) in [5.74, 6) is 0.792. The van der Waals surface area contributed by atoms with E-state index >= 15 is 0 Å². The van der Waals surface area contributed by atoms with Gasteiger partial charge in [0.2, 0.25) is 5.91 Å². The zero-order valence-corrected chi connectivity index (χ0v) is 11.6. The van der Waals surface area contributed by atoms with Crippen LogP contribution in [0.25, 0.3) is 6.08 Å². The molecule has 2 rings (SSSR count). The lowest BCUT2D eigenvalue weighted by molar-refractivity contribution is -0.116. The number of H-pyrrole nitrogens is 1. The molecule has 1 heterocycles. The summed E-state index contributed by atoms with van der Waals surface area (Å²) in [6.45, 7) is 2.70. The normalized spacial score (nSPS) is 10.8. The van der Waals surface area contributed by atoms with Gasteiger partial charge in [-0.05, 0) is 23.6 Å². The van der Waals surface area contributed by atoms with Gasteiger partial charge in [-0.1, -0.05) is 31.2 Å². The number of imidazole rings is 1. The summed E-state index contributed by atoms with van der Waals surface area (Å²) in [6.07, 6.45) is 8.59. The van der Waals surface area contributed by atoms with Crippen LogP contribution in [-0.2, 0) is 17.6 Å². The average molecular weight is 269 g/mol. The number of nitrogens with one attached hydrogen (secondary N) is 2. The molecule has 0 aliphatic carbocycles. The predicted molar refractivity (Wildman–Crippen MR) is 80.2 cm³/mol. The number of rotatable bonds is 6. The molecule has 4 nitrogen and oxygen atoms in total. The topological polar surface area (TPSA) is 57.8 Å². The van der Waals surface area contributed by atoms with E-state index in [0.29, 0.717) is 13.0 Å². The largest absolute Gasteiger partial charge is 0.352 e. The van der Waals surface area contributed by atoms with Gasteiger partial charge in [0, 0.05) is 31.4 Å². The maximum Gasteiger partial charge on any atom is 0.244 e. The lowest BCUT2D eigenvalue weighted by Crippen LogP contribution is -2.23. The van der Waals surface area contributed by atoms with Gasteiger partial charge >= 0.3 is 0 Å². The molecular weight excluding hydrogens is 250 g/mol. The van der Waals surface area contributed by atoms with E-state index in [-0.39, 0.29) is 5.91 Å². The molecule has 0 bridgehead atoms. The van der Waals surface area contributed by atoms with Gasteiger partial charge in [0.15, 0.2) is 0 Å². The highest BCUT2D eigenvalue weighted by molar-refractivity contribution is 5.91. The van der Waals surface area contributed by atoms with Gasteiger partial charge in [0.1, 0.15) is 5.82 Å². The average Bonchev–Trinajstić information content (AvgIpc) is 2.99. The number of nitrogens with zero attached hydrogens (tertiary/aromatic N) is 1. The Bertz CT molecular complexity index is 556. The molecule has 0 spiro atoms. The van der Waals surface area contributed by atoms with Crippen LogP contribution in [0.3, 0.4) is 0 Å². The van der Waals surface area contributed by atoms with Crippen LogP contribution in [0.2, 0.25) is 0 Å². The molecule has 0 aliphatic rings. The van der Waals surface area contributed by atoms with Gasteiger partial charge in [-0.25, -0.2) is 4.98 Å². The number of carbonyl (C=O) groups is 1. The van der Waals surface area contributed by atoms with Crippen LogP contribution < -0.4 is 5.32 Å². The van der Waals surface area contributed by atoms with E-state index in [0.717, 1.165) is 17.8 Å². The Morgan fingerprint density at radius 1 is 1.35 bits per heavy atom. The first-order chi connectivity index (χ1) is 9.78. The summed E-state index contributed by atoms with van der Waals surface area (Å²) in [6, 6.07) is 8.19. The molecular formula is C16H19N3O. The first-order valence-corrected chi connectivity index (χ1v) is 6.81. The number of amides is 1. The van der Waals surface area contributed by atoms with Crippen LogP contribution in [0.15, 0.2) is 42.7 Å². The fraction of sp³-hybridized carbons (Fsp3) is 0.250. The zero-order valence-electron chi connectivity index (χ0n) is 11.6. The first-order valence-electron chi connectivity index (χ1n) is 6.81. The molecule has 1 amide bonds. The summed E-state index contributed by atoms with van der Waals surface area (Å²) in [5.41, 5.74) is 2.33. The minimum Gasteiger partial charge on any atom is -0.352 e. The Morgan fingerprint density at radius 3 is 2.80 bits per heavy atom. The van der Waals surface area contributed by atoms with Crippen molar-refractivity contribution in [2.24, 2.45) is 0 Å². The number of aryl methyl sites for hydroxylation is 1. The van der Waals surface area contributed by atoms with Gasteiger partial charge in [0.05, 0.1) is 0 Å². The lowest BCUT2D eigenvalue weighted by atomic mass is 10.1. The summed E-state index contributed by atoms with van der Waals surface area (Å²) < 4.78 is 0. The molecule has 1 aromatic heterocycles. The van der Waals surface area contributed by atoms with Crippen molar-refractivity contribution >= 4 is 12.0 Å². The predicted octanol–water partition coefficient (Wildman–Crippen LogP) is 2.34. The molecule has 2 N–H and O–H groups in total. The Labute approximate surface area is 118 Å². The monoisotopic (exact) mass is 269 g/mol. The number of hydrogen-bond donors (Lipinski definition) is 2. The molecule has 2 aromatic rings. The summed E-state index contributed by atoms with van der Waals surface area (Å²) in [4.78, 5) is 18.7. The van der Waals surface area contributed by atoms with Crippen molar-refractivity contribution in [3.63, 3.8) is 0 Å². The highest BCUT2D eigenvalue weighted by Crippen LogP contribution is 2.06. The van der Waals surface area contributed by atoms with Crippen molar-refractivity contribution in [1.29, 1.82) is 0 Å². The third-order valence-electron chi connectivity index (χ3n) is 3.03. The highest BCUT2D eigenvalue weighted by Gasteiger charge is 1.97. The Hall–Kier alpha value is -2.36. The van der Waals surface area contributed by atoms with E-state index in [2.05, 4.69) is 34.3 Å². The van der Waals surface area contributed by atoms with Crippen LogP contribution in [0, 0.1) is 0 Å². The van der Waals surface area contributed by atoms with Gasteiger partial charge in [-0.3, -0.25) is 4.79 Å². The van der Waals surface area contributed by atoms with Gasteiger partial charge < -0.3 is 10.3 Å². The third-order valence-corrected chi connectivity index (χ3v) is 3.03. The third kappa shape index (κ3) is 4.39. The van der Waals surface area contributed by atoms with E-state index in [1.165, 1.54) is 5.56 Å². The molecule has 0 unspecified atom stereocenters. The van der Waals surface area contributed by atoms with Crippen molar-refractivity contribution in [2.45, 2.75) is 19.8 Å². The quantitative estimate of drug-likeness (QED) is 0.791. The second kappa shape index (κ2) is 7.28. The standard InChI is InChI=1S/C16H19N3O/c1-2-13-3-5-14(6-4-13)7-8-16(20)19-10-9-15-17-11-12-18-15/h3-8,11-12H,2,9-10H2,1H3,(H,17,18)(H,19,20)/b8-7+. The minimum atomic E-state index is -0.0869. The van der Waals surface area contributed by atoms with Gasteiger partial charge in [0.25, 0.3) is 0 Å². The first kappa shape index (κ1) is 14.1. The Morgan fingerprint density at radius 2 is 2.15 bits per heavy atom. The smallest absolute Gasteiger partial charge is 0.244 e. The fourth-order valence-electron chi connectivity index (χ4n) is 1.83. The number of hydrogen-bond acceptors (Lipinski definition) is 2. The van der Waals surface area contributed by atoms with Crippen molar-refractivity contribution in [2.75, 3.05) is 6.54 Å². The minimum absolute atomic E-state index is 0.0869. The number of aromatic nitrogens is 2. The van der Waals surface area contributed by atoms with Crippen molar-refractivity contribution < 1.29 is 4.79 Å². The van der Waals surface area contributed by atoms with E-state index in [1.807, 2.05) is 18.2 Å². The lowest BCUT2D eigenvalue weighted by Gasteiger charge is -2.00. The second-order valence-electron chi connectivity index (χ2n) is 4.51. The molecule has 4 heteroatoms. The van der Waals surface area contributed by atoms with Gasteiger partial charge in [-0.15, -0.1) is 0 Å². The SMILES string of the molecule is CCc1ccc(/C=C/C(=O)NCCc2ncc[nH]2)cc1. The van der Waals surface area contributed by atoms with Crippen LogP contribution in [0.5, 0.6) is 0 Å². The molecule has 1 aromatic carbocycles. The highest BCUT2D eigenvalue weighted by atomic mass is 16.1. The summed E-state index contributed by atoms with van der Waals surface area (Å²) in [5, 5.41) is 2.83. The summed E-state index contributed by atoms with van der Waals surface area (Å²) >= 11 is 0. The van der Waals surface area contributed by atoms with Crippen molar-refractivity contribution in [1.82, 2.24) is 15.3 Å². The second-order valence-corrected chi connectivity index (χ2v) is 4.51. The number of aromatic amines is 1. The zero-order chi connectivity index (χ0) is 14.2. The van der Waals surface area contributed by atoms with Crippen molar-refractivity contribution in [3.05, 3.63) is 59.7 Å². The summed E-state index contributed by atoms with van der Waals surface area (Å²) in [7, 11) is 0. The maximum absolute atomic E-state index is 11.6. The molecule has 0 aliphatic heterocycles. The molecule has 0 saturated heterocycles. The van der Waals surface area contributed by atoms with Crippen LogP contribution >= 0.6 is 0 Å². The number of benzene rings is 1. The van der Waals surface area contributed by atoms with E-state index in [1.54, 1.807) is 18.5 Å². The van der Waals surface area contributed by atoms with Crippen LogP contribution in [0.4, 0.5) is 0 Å². The fourth-order valence-corrected chi connectivity index (χ4v) is 1.83. The molecule has 104 valence electrons. The van der Waals surface area contributed by atoms with E-state index in [4.69, 9.17) is 0 Å². The molecule has 0 saturated carbocycles. The van der Waals surface area contributed by atoms with Gasteiger partial charge in [-0.2, -0.15) is 0 Å². The Balaban J connectivity index is 1.76. The maximum atomic E-state index is 11.6. The van der Waals surface area contributed by atoms with E-state index in [9.17, 15) is 4.79 Å². The van der Waals surface area contributed by atoms with Crippen LogP contribution in [-0.4, -0.2) is 22.4 Å². The molecule has 0 radical (unpaired) electrons. The van der Waals surface area contributed by atoms with Crippen molar-refractivity contribution in [3.8, 4) is 0 Å². The number of carbonyl (C=O) groups excluding carboxylic acids is 1.